The third-order valence-corrected chi connectivity index (χ3v) is 7.92. The number of benzene rings is 2. The van der Waals surface area contributed by atoms with Crippen LogP contribution in [0.2, 0.25) is 5.02 Å². The van der Waals surface area contributed by atoms with Gasteiger partial charge in [-0.3, -0.25) is 14.7 Å². The molecule has 2 fully saturated rings. The summed E-state index contributed by atoms with van der Waals surface area (Å²) in [4.78, 5) is 21.4. The maximum atomic E-state index is 14.7. The number of piperidine rings is 1. The number of methoxy groups -OCH3 is 1. The second-order valence-corrected chi connectivity index (χ2v) is 10.8. The molecular formula is C30H34ClFN6O3. The van der Waals surface area contributed by atoms with Gasteiger partial charge in [0.2, 0.25) is 5.91 Å². The summed E-state index contributed by atoms with van der Waals surface area (Å²) in [5.74, 6) is 0.454. The van der Waals surface area contributed by atoms with Crippen LogP contribution >= 0.6 is 11.6 Å². The molecule has 1 aromatic heterocycles. The van der Waals surface area contributed by atoms with Crippen LogP contribution in [0.5, 0.6) is 11.5 Å². The minimum atomic E-state index is -0.611. The zero-order valence-corrected chi connectivity index (χ0v) is 23.8. The number of anilines is 2. The average Bonchev–Trinajstić information content (AvgIpc) is 3.50. The van der Waals surface area contributed by atoms with Gasteiger partial charge in [-0.2, -0.15) is 5.26 Å². The SMILES string of the molecule is COc1cc2ncc(C#N)c(Nc3cccc(Cl)c3F)c2cc1OC1CCN(CC(=O)NCCN2CCCC2)CC1. The Morgan fingerprint density at radius 1 is 1.17 bits per heavy atom. The van der Waals surface area contributed by atoms with Crippen molar-refractivity contribution in [3.63, 3.8) is 0 Å². The molecule has 11 heteroatoms. The number of aromatic nitrogens is 1. The van der Waals surface area contributed by atoms with E-state index < -0.39 is 5.82 Å². The number of carbonyl (C=O) groups excluding carboxylic acids is 1. The fourth-order valence-corrected chi connectivity index (χ4v) is 5.56. The van der Waals surface area contributed by atoms with Crippen LogP contribution in [-0.2, 0) is 4.79 Å². The molecule has 2 N–H and O–H groups in total. The Hall–Kier alpha value is -3.65. The lowest BCUT2D eigenvalue weighted by Gasteiger charge is -2.32. The Balaban J connectivity index is 1.25. The second kappa shape index (κ2) is 13.3. The van der Waals surface area contributed by atoms with Crippen LogP contribution < -0.4 is 20.1 Å². The molecule has 9 nitrogen and oxygen atoms in total. The fraction of sp³-hybridized carbons (Fsp3) is 0.433. The maximum Gasteiger partial charge on any atom is 0.234 e. The van der Waals surface area contributed by atoms with Gasteiger partial charge in [0.1, 0.15) is 12.2 Å². The van der Waals surface area contributed by atoms with E-state index in [1.165, 1.54) is 25.1 Å². The summed E-state index contributed by atoms with van der Waals surface area (Å²) in [5, 5.41) is 16.4. The zero-order valence-electron chi connectivity index (χ0n) is 23.1. The summed E-state index contributed by atoms with van der Waals surface area (Å²) in [6.07, 6.45) is 5.34. The van der Waals surface area contributed by atoms with Crippen LogP contribution in [0.4, 0.5) is 15.8 Å². The van der Waals surface area contributed by atoms with Crippen LogP contribution in [0.25, 0.3) is 10.9 Å². The molecule has 2 aliphatic heterocycles. The van der Waals surface area contributed by atoms with Crippen LogP contribution in [0.15, 0.2) is 36.5 Å². The molecule has 3 aromatic rings. The summed E-state index contributed by atoms with van der Waals surface area (Å²) in [6, 6.07) is 10.3. The van der Waals surface area contributed by atoms with Gasteiger partial charge in [-0.15, -0.1) is 0 Å². The molecule has 0 unspecified atom stereocenters. The molecule has 0 saturated carbocycles. The van der Waals surface area contributed by atoms with Crippen molar-refractivity contribution in [2.24, 2.45) is 0 Å². The minimum absolute atomic E-state index is 0.0246. The topological polar surface area (TPSA) is 103 Å². The van der Waals surface area contributed by atoms with Crippen molar-refractivity contribution in [1.82, 2.24) is 20.1 Å². The van der Waals surface area contributed by atoms with E-state index in [2.05, 4.69) is 31.5 Å². The first-order valence-electron chi connectivity index (χ1n) is 13.9. The van der Waals surface area contributed by atoms with Crippen molar-refractivity contribution in [3.8, 4) is 17.6 Å². The molecule has 2 aromatic carbocycles. The van der Waals surface area contributed by atoms with Crippen LogP contribution in [-0.4, -0.2) is 79.7 Å². The Kier molecular flexibility index (Phi) is 9.39. The number of carbonyl (C=O) groups is 1. The van der Waals surface area contributed by atoms with Gasteiger partial charge in [0, 0.05) is 43.8 Å². The number of nitrogens with zero attached hydrogens (tertiary/aromatic N) is 4. The van der Waals surface area contributed by atoms with Gasteiger partial charge in [-0.1, -0.05) is 17.7 Å². The zero-order chi connectivity index (χ0) is 28.8. The highest BCUT2D eigenvalue weighted by Crippen LogP contribution is 2.39. The third-order valence-electron chi connectivity index (χ3n) is 7.63. The Morgan fingerprint density at radius 2 is 1.95 bits per heavy atom. The van der Waals surface area contributed by atoms with E-state index in [1.807, 2.05) is 0 Å². The number of pyridine rings is 1. The lowest BCUT2D eigenvalue weighted by atomic mass is 10.1. The lowest BCUT2D eigenvalue weighted by Crippen LogP contribution is -2.44. The Bertz CT molecular complexity index is 1430. The van der Waals surface area contributed by atoms with Gasteiger partial charge < -0.3 is 25.0 Å². The van der Waals surface area contributed by atoms with E-state index in [0.29, 0.717) is 41.2 Å². The van der Waals surface area contributed by atoms with E-state index in [9.17, 15) is 14.4 Å². The Morgan fingerprint density at radius 3 is 2.68 bits per heavy atom. The van der Waals surface area contributed by atoms with Gasteiger partial charge in [0.15, 0.2) is 17.3 Å². The quantitative estimate of drug-likeness (QED) is 0.356. The molecule has 0 bridgehead atoms. The van der Waals surface area contributed by atoms with Crippen molar-refractivity contribution in [3.05, 3.63) is 52.9 Å². The molecule has 0 spiro atoms. The Labute approximate surface area is 244 Å². The molecule has 0 aliphatic carbocycles. The van der Waals surface area contributed by atoms with Crippen LogP contribution in [0.1, 0.15) is 31.2 Å². The summed E-state index contributed by atoms with van der Waals surface area (Å²) in [7, 11) is 1.56. The number of amides is 1. The predicted molar refractivity (Wildman–Crippen MR) is 156 cm³/mol. The van der Waals surface area contributed by atoms with Crippen molar-refractivity contribution < 1.29 is 18.7 Å². The minimum Gasteiger partial charge on any atom is -0.493 e. The first-order chi connectivity index (χ1) is 19.9. The second-order valence-electron chi connectivity index (χ2n) is 10.4. The number of ether oxygens (including phenoxy) is 2. The van der Waals surface area contributed by atoms with Gasteiger partial charge in [-0.05, 0) is 57.0 Å². The third kappa shape index (κ3) is 6.99. The largest absolute Gasteiger partial charge is 0.493 e. The summed E-state index contributed by atoms with van der Waals surface area (Å²) in [6.45, 7) is 5.69. The number of nitriles is 1. The number of hydrogen-bond acceptors (Lipinski definition) is 8. The lowest BCUT2D eigenvalue weighted by molar-refractivity contribution is -0.122. The van der Waals surface area contributed by atoms with E-state index in [1.54, 1.807) is 31.4 Å². The molecule has 3 heterocycles. The van der Waals surface area contributed by atoms with Crippen LogP contribution in [0.3, 0.4) is 0 Å². The number of halogens is 2. The highest BCUT2D eigenvalue weighted by molar-refractivity contribution is 6.31. The van der Waals surface area contributed by atoms with Crippen molar-refractivity contribution in [2.75, 3.05) is 58.2 Å². The predicted octanol–water partition coefficient (Wildman–Crippen LogP) is 4.71. The van der Waals surface area contributed by atoms with E-state index in [-0.39, 0.29) is 28.3 Å². The van der Waals surface area contributed by atoms with Crippen LogP contribution in [0, 0.1) is 17.1 Å². The number of nitrogens with one attached hydrogen (secondary N) is 2. The molecule has 2 aliphatic rings. The van der Waals surface area contributed by atoms with E-state index >= 15 is 0 Å². The molecule has 5 rings (SSSR count). The van der Waals surface area contributed by atoms with Gasteiger partial charge >= 0.3 is 0 Å². The van der Waals surface area contributed by atoms with Crippen molar-refractivity contribution in [2.45, 2.75) is 31.8 Å². The molecule has 0 radical (unpaired) electrons. The highest BCUT2D eigenvalue weighted by Gasteiger charge is 2.24. The summed E-state index contributed by atoms with van der Waals surface area (Å²) in [5.41, 5.74) is 1.35. The van der Waals surface area contributed by atoms with Gasteiger partial charge in [-0.25, -0.2) is 4.39 Å². The average molecular weight is 581 g/mol. The molecule has 41 heavy (non-hydrogen) atoms. The number of fused-ring (bicyclic) bond motifs is 1. The number of rotatable bonds is 10. The number of likely N-dealkylation sites (tertiary alicyclic amines) is 2. The highest BCUT2D eigenvalue weighted by atomic mass is 35.5. The molecule has 1 amide bonds. The summed E-state index contributed by atoms with van der Waals surface area (Å²) >= 11 is 5.97. The first kappa shape index (κ1) is 28.9. The smallest absolute Gasteiger partial charge is 0.234 e. The van der Waals surface area contributed by atoms with Gasteiger partial charge in [0.25, 0.3) is 0 Å². The summed E-state index contributed by atoms with van der Waals surface area (Å²) < 4.78 is 26.7. The van der Waals surface area contributed by atoms with Gasteiger partial charge in [0.05, 0.1) is 41.1 Å². The maximum absolute atomic E-state index is 14.7. The molecular weight excluding hydrogens is 547 g/mol. The fourth-order valence-electron chi connectivity index (χ4n) is 5.39. The first-order valence-corrected chi connectivity index (χ1v) is 14.3. The van der Waals surface area contributed by atoms with E-state index in [4.69, 9.17) is 21.1 Å². The number of hydrogen-bond donors (Lipinski definition) is 2. The van der Waals surface area contributed by atoms with Crippen molar-refractivity contribution in [1.29, 1.82) is 5.26 Å². The van der Waals surface area contributed by atoms with Crippen molar-refractivity contribution >= 4 is 39.8 Å². The molecule has 0 atom stereocenters. The molecule has 2 saturated heterocycles. The molecule has 216 valence electrons. The normalized spacial score (nSPS) is 16.4. The monoisotopic (exact) mass is 580 g/mol. The van der Waals surface area contributed by atoms with E-state index in [0.717, 1.165) is 45.6 Å². The standard InChI is InChI=1S/C30H34ClFN6O3/c1-40-26-16-25-22(30(20(17-33)18-35-25)36-24-6-4-5-23(31)29(24)32)15-27(26)41-21-7-12-38(13-8-21)19-28(39)34-9-14-37-10-2-3-11-37/h4-6,15-16,18,21H,2-3,7-14,19H2,1H3,(H,34,39)(H,35,36).